The summed E-state index contributed by atoms with van der Waals surface area (Å²) in [5.74, 6) is 0.954. The number of nitrogens with two attached hydrogens (primary N) is 1. The lowest BCUT2D eigenvalue weighted by Gasteiger charge is -2.35. The lowest BCUT2D eigenvalue weighted by Crippen LogP contribution is -2.43. The van der Waals surface area contributed by atoms with Crippen molar-refractivity contribution in [1.82, 2.24) is 5.16 Å². The number of rotatable bonds is 1. The van der Waals surface area contributed by atoms with E-state index in [0.717, 1.165) is 24.2 Å². The summed E-state index contributed by atoms with van der Waals surface area (Å²) < 4.78 is 5.04. The second-order valence-electron chi connectivity index (χ2n) is 3.73. The second kappa shape index (κ2) is 2.82. The van der Waals surface area contributed by atoms with Crippen LogP contribution in [-0.4, -0.2) is 16.8 Å². The Bertz CT molecular complexity index is 310. The van der Waals surface area contributed by atoms with E-state index in [-0.39, 0.29) is 12.5 Å². The van der Waals surface area contributed by atoms with Crippen LogP contribution in [0.1, 0.15) is 24.7 Å². The number of aromatic nitrogens is 1. The van der Waals surface area contributed by atoms with Crippen LogP contribution in [0.25, 0.3) is 0 Å². The molecule has 4 nitrogen and oxygen atoms in total. The van der Waals surface area contributed by atoms with Gasteiger partial charge in [-0.25, -0.2) is 0 Å². The largest absolute Gasteiger partial charge is 0.383 e. The van der Waals surface area contributed by atoms with Gasteiger partial charge in [-0.3, -0.25) is 0 Å². The number of nitrogens with zero attached hydrogens (tertiary/aromatic N) is 1. The van der Waals surface area contributed by atoms with E-state index in [1.54, 1.807) is 6.20 Å². The molecule has 4 heteroatoms. The van der Waals surface area contributed by atoms with Gasteiger partial charge in [-0.2, -0.15) is 0 Å². The van der Waals surface area contributed by atoms with Gasteiger partial charge in [-0.15, -0.1) is 0 Å². The Morgan fingerprint density at radius 1 is 1.85 bits per heavy atom. The molecule has 2 unspecified atom stereocenters. The van der Waals surface area contributed by atoms with Gasteiger partial charge in [0.2, 0.25) is 0 Å². The van der Waals surface area contributed by atoms with Crippen LogP contribution in [0.3, 0.4) is 0 Å². The van der Waals surface area contributed by atoms with Gasteiger partial charge in [0.1, 0.15) is 11.4 Å². The van der Waals surface area contributed by atoms with E-state index >= 15 is 0 Å². The minimum Gasteiger partial charge on any atom is -0.383 e. The van der Waals surface area contributed by atoms with E-state index in [1.807, 2.05) is 6.92 Å². The van der Waals surface area contributed by atoms with Crippen LogP contribution in [0.15, 0.2) is 10.7 Å². The van der Waals surface area contributed by atoms with E-state index in [0.29, 0.717) is 0 Å². The fourth-order valence-corrected chi connectivity index (χ4v) is 1.96. The Morgan fingerprint density at radius 2 is 2.62 bits per heavy atom. The molecule has 0 fully saturated rings. The van der Waals surface area contributed by atoms with Gasteiger partial charge >= 0.3 is 0 Å². The number of fused-ring (bicyclic) bond motifs is 1. The van der Waals surface area contributed by atoms with Crippen molar-refractivity contribution in [2.24, 2.45) is 11.7 Å². The van der Waals surface area contributed by atoms with Crippen molar-refractivity contribution in [3.63, 3.8) is 0 Å². The smallest absolute Gasteiger partial charge is 0.142 e. The fourth-order valence-electron chi connectivity index (χ4n) is 1.96. The zero-order valence-electron chi connectivity index (χ0n) is 7.66. The van der Waals surface area contributed by atoms with Gasteiger partial charge in [0.05, 0.1) is 6.20 Å². The molecule has 2 atom stereocenters. The van der Waals surface area contributed by atoms with Gasteiger partial charge < -0.3 is 15.4 Å². The molecule has 2 rings (SSSR count). The first kappa shape index (κ1) is 8.72. The summed E-state index contributed by atoms with van der Waals surface area (Å²) in [6, 6.07) is 0. The van der Waals surface area contributed by atoms with E-state index in [9.17, 15) is 5.11 Å². The van der Waals surface area contributed by atoms with Crippen molar-refractivity contribution < 1.29 is 9.63 Å². The molecular formula is C9H14N2O2. The molecule has 0 aliphatic heterocycles. The first-order chi connectivity index (χ1) is 6.18. The van der Waals surface area contributed by atoms with Crippen LogP contribution in [0.5, 0.6) is 0 Å². The molecule has 0 amide bonds. The molecular weight excluding hydrogens is 168 g/mol. The lowest BCUT2D eigenvalue weighted by molar-refractivity contribution is -0.0213. The molecule has 0 radical (unpaired) electrons. The molecule has 1 aromatic heterocycles. The van der Waals surface area contributed by atoms with Crippen LogP contribution in [0, 0.1) is 5.92 Å². The van der Waals surface area contributed by atoms with E-state index in [2.05, 4.69) is 5.16 Å². The molecule has 3 N–H and O–H groups in total. The highest BCUT2D eigenvalue weighted by molar-refractivity contribution is 5.26. The Kier molecular flexibility index (Phi) is 1.89. The van der Waals surface area contributed by atoms with Gasteiger partial charge in [-0.05, 0) is 12.3 Å². The van der Waals surface area contributed by atoms with Crippen molar-refractivity contribution in [2.75, 3.05) is 6.54 Å². The van der Waals surface area contributed by atoms with Gasteiger partial charge in [0.25, 0.3) is 0 Å². The third-order valence-corrected chi connectivity index (χ3v) is 3.04. The molecule has 1 aliphatic carbocycles. The molecule has 72 valence electrons. The summed E-state index contributed by atoms with van der Waals surface area (Å²) in [6.07, 6.45) is 3.33. The second-order valence-corrected chi connectivity index (χ2v) is 3.73. The number of aryl methyl sites for hydroxylation is 1. The minimum absolute atomic E-state index is 0.171. The number of hydrogen-bond donors (Lipinski definition) is 2. The van der Waals surface area contributed by atoms with Gasteiger partial charge in [-0.1, -0.05) is 12.1 Å². The van der Waals surface area contributed by atoms with Crippen molar-refractivity contribution >= 4 is 0 Å². The van der Waals surface area contributed by atoms with Crippen molar-refractivity contribution in [3.05, 3.63) is 17.5 Å². The molecule has 13 heavy (non-hydrogen) atoms. The first-order valence-electron chi connectivity index (χ1n) is 4.55. The highest BCUT2D eigenvalue weighted by atomic mass is 16.5. The summed E-state index contributed by atoms with van der Waals surface area (Å²) in [5.41, 5.74) is 5.42. The topological polar surface area (TPSA) is 72.3 Å². The van der Waals surface area contributed by atoms with Crippen molar-refractivity contribution in [3.8, 4) is 0 Å². The minimum atomic E-state index is -0.937. The number of aliphatic hydroxyl groups is 1. The first-order valence-corrected chi connectivity index (χ1v) is 4.55. The molecule has 1 aromatic rings. The number of hydrogen-bond acceptors (Lipinski definition) is 4. The molecule has 1 aliphatic rings. The molecule has 0 saturated heterocycles. The Balaban J connectivity index is 2.47. The summed E-state index contributed by atoms with van der Waals surface area (Å²) >= 11 is 0. The molecule has 0 spiro atoms. The Hall–Kier alpha value is -0.870. The van der Waals surface area contributed by atoms with Crippen LogP contribution in [0.2, 0.25) is 0 Å². The fraction of sp³-hybridized carbons (Fsp3) is 0.667. The summed E-state index contributed by atoms with van der Waals surface area (Å²) in [4.78, 5) is 0. The van der Waals surface area contributed by atoms with Crippen LogP contribution in [-0.2, 0) is 12.0 Å². The molecule has 0 aromatic carbocycles. The van der Waals surface area contributed by atoms with Crippen molar-refractivity contribution in [1.29, 1.82) is 0 Å². The van der Waals surface area contributed by atoms with Gasteiger partial charge in [0, 0.05) is 18.5 Å². The maximum Gasteiger partial charge on any atom is 0.142 e. The third-order valence-electron chi connectivity index (χ3n) is 3.04. The Morgan fingerprint density at radius 3 is 3.31 bits per heavy atom. The monoisotopic (exact) mass is 182 g/mol. The SMILES string of the molecule is CC1CCc2oncc2C1(O)CN. The van der Waals surface area contributed by atoms with E-state index in [4.69, 9.17) is 10.3 Å². The Labute approximate surface area is 76.7 Å². The predicted octanol–water partition coefficient (Wildman–Crippen LogP) is 0.403. The third kappa shape index (κ3) is 1.09. The van der Waals surface area contributed by atoms with E-state index < -0.39 is 5.60 Å². The average Bonchev–Trinajstić information content (AvgIpc) is 2.60. The summed E-state index contributed by atoms with van der Waals surface area (Å²) in [7, 11) is 0. The van der Waals surface area contributed by atoms with E-state index in [1.165, 1.54) is 0 Å². The van der Waals surface area contributed by atoms with Crippen molar-refractivity contribution in [2.45, 2.75) is 25.4 Å². The maximum absolute atomic E-state index is 10.3. The van der Waals surface area contributed by atoms with Gasteiger partial charge in [0.15, 0.2) is 0 Å². The lowest BCUT2D eigenvalue weighted by atomic mass is 9.75. The molecule has 0 bridgehead atoms. The predicted molar refractivity (Wildman–Crippen MR) is 46.9 cm³/mol. The van der Waals surface area contributed by atoms with Crippen LogP contribution >= 0.6 is 0 Å². The maximum atomic E-state index is 10.3. The standard InChI is InChI=1S/C9H14N2O2/c1-6-2-3-8-7(4-11-13-8)9(6,12)5-10/h4,6,12H,2-3,5,10H2,1H3. The highest BCUT2D eigenvalue weighted by Gasteiger charge is 2.41. The average molecular weight is 182 g/mol. The van der Waals surface area contributed by atoms with Crippen LogP contribution in [0.4, 0.5) is 0 Å². The highest BCUT2D eigenvalue weighted by Crippen LogP contribution is 2.38. The zero-order chi connectivity index (χ0) is 9.47. The quantitative estimate of drug-likeness (QED) is 0.659. The summed E-state index contributed by atoms with van der Waals surface area (Å²) in [5, 5.41) is 14.0. The summed E-state index contributed by atoms with van der Waals surface area (Å²) in [6.45, 7) is 2.23. The molecule has 0 saturated carbocycles. The van der Waals surface area contributed by atoms with Crippen LogP contribution < -0.4 is 5.73 Å². The normalized spacial score (nSPS) is 33.0. The zero-order valence-corrected chi connectivity index (χ0v) is 7.66. The molecule has 1 heterocycles.